The highest BCUT2D eigenvalue weighted by molar-refractivity contribution is 6.05. The average molecular weight is 413 g/mol. The van der Waals surface area contributed by atoms with Crippen LogP contribution in [0.1, 0.15) is 30.9 Å². The molecule has 1 unspecified atom stereocenters. The van der Waals surface area contributed by atoms with Crippen LogP contribution in [0.25, 0.3) is 21.7 Å². The molecule has 0 radical (unpaired) electrons. The van der Waals surface area contributed by atoms with E-state index in [0.717, 1.165) is 35.7 Å². The van der Waals surface area contributed by atoms with Crippen LogP contribution in [0.5, 0.6) is 0 Å². The van der Waals surface area contributed by atoms with Crippen LogP contribution in [-0.4, -0.2) is 29.5 Å². The van der Waals surface area contributed by atoms with Crippen molar-refractivity contribution in [2.24, 2.45) is 5.92 Å². The summed E-state index contributed by atoms with van der Waals surface area (Å²) in [6, 6.07) is 13.9. The first-order valence-electron chi connectivity index (χ1n) is 10.5. The molecule has 3 N–H and O–H groups in total. The first-order valence-corrected chi connectivity index (χ1v) is 10.5. The summed E-state index contributed by atoms with van der Waals surface area (Å²) in [7, 11) is 0. The van der Waals surface area contributed by atoms with Gasteiger partial charge in [-0.1, -0.05) is 25.5 Å². The summed E-state index contributed by atoms with van der Waals surface area (Å²) < 4.78 is 0. The number of nitriles is 2. The molecule has 1 saturated heterocycles. The van der Waals surface area contributed by atoms with Crippen molar-refractivity contribution >= 4 is 27.6 Å². The first kappa shape index (κ1) is 20.6. The van der Waals surface area contributed by atoms with Gasteiger partial charge in [0, 0.05) is 22.7 Å². The van der Waals surface area contributed by atoms with Crippen LogP contribution in [0.15, 0.2) is 41.2 Å². The van der Waals surface area contributed by atoms with Gasteiger partial charge in [0.05, 0.1) is 23.7 Å². The number of amides is 1. The van der Waals surface area contributed by atoms with Crippen molar-refractivity contribution < 1.29 is 4.79 Å². The minimum atomic E-state index is -0.686. The first-order chi connectivity index (χ1) is 15.0. The number of nitrogens with one attached hydrogen (secondary N) is 3. The summed E-state index contributed by atoms with van der Waals surface area (Å²) in [5, 5.41) is 26.9. The molecule has 7 nitrogen and oxygen atoms in total. The molecule has 1 aromatic heterocycles. The van der Waals surface area contributed by atoms with E-state index < -0.39 is 6.04 Å². The minimum absolute atomic E-state index is 0.149. The number of hydrogen-bond donors (Lipinski definition) is 3. The SMILES string of the molecule is CC[C@H]1CCN[C@@H]1C(=O)NC(C#N)Cc1ccc2c(c1)c(=O)[nH]c1ccc(C#N)cc12. The normalized spacial score (nSPS) is 19.1. The maximum Gasteiger partial charge on any atom is 0.256 e. The van der Waals surface area contributed by atoms with Gasteiger partial charge in [0.15, 0.2) is 0 Å². The third kappa shape index (κ3) is 4.01. The van der Waals surface area contributed by atoms with E-state index in [1.165, 1.54) is 0 Å². The molecule has 1 aliphatic heterocycles. The number of aromatic nitrogens is 1. The third-order valence-electron chi connectivity index (χ3n) is 6.09. The zero-order chi connectivity index (χ0) is 22.0. The lowest BCUT2D eigenvalue weighted by Gasteiger charge is -2.20. The minimum Gasteiger partial charge on any atom is -0.339 e. The molecule has 1 amide bonds. The largest absolute Gasteiger partial charge is 0.339 e. The van der Waals surface area contributed by atoms with Gasteiger partial charge in [-0.25, -0.2) is 0 Å². The van der Waals surface area contributed by atoms with Crippen LogP contribution in [-0.2, 0) is 11.2 Å². The molecule has 0 aliphatic carbocycles. The second-order valence-corrected chi connectivity index (χ2v) is 7.99. The number of H-pyrrole nitrogens is 1. The number of benzene rings is 2. The van der Waals surface area contributed by atoms with Gasteiger partial charge in [-0.2, -0.15) is 10.5 Å². The number of rotatable bonds is 5. The van der Waals surface area contributed by atoms with Crippen molar-refractivity contribution in [1.29, 1.82) is 10.5 Å². The molecule has 2 heterocycles. The van der Waals surface area contributed by atoms with E-state index in [-0.39, 0.29) is 23.4 Å². The van der Waals surface area contributed by atoms with Crippen molar-refractivity contribution in [2.75, 3.05) is 6.54 Å². The second-order valence-electron chi connectivity index (χ2n) is 7.99. The Labute approximate surface area is 179 Å². The molecule has 156 valence electrons. The fourth-order valence-electron chi connectivity index (χ4n) is 4.41. The lowest BCUT2D eigenvalue weighted by atomic mass is 9.96. The number of hydrogen-bond acceptors (Lipinski definition) is 5. The van der Waals surface area contributed by atoms with Crippen molar-refractivity contribution in [3.05, 3.63) is 57.9 Å². The Balaban J connectivity index is 1.60. The number of fused-ring (bicyclic) bond motifs is 3. The Morgan fingerprint density at radius 2 is 2.03 bits per heavy atom. The van der Waals surface area contributed by atoms with E-state index in [0.29, 0.717) is 22.9 Å². The second kappa shape index (κ2) is 8.59. The fraction of sp³-hybridized carbons (Fsp3) is 0.333. The van der Waals surface area contributed by atoms with E-state index in [1.54, 1.807) is 24.3 Å². The maximum absolute atomic E-state index is 12.6. The molecular weight excluding hydrogens is 390 g/mol. The van der Waals surface area contributed by atoms with E-state index in [2.05, 4.69) is 34.7 Å². The Bertz CT molecular complexity index is 1300. The molecule has 1 aliphatic rings. The Morgan fingerprint density at radius 1 is 1.19 bits per heavy atom. The summed E-state index contributed by atoms with van der Waals surface area (Å²) in [5.74, 6) is 0.134. The zero-order valence-electron chi connectivity index (χ0n) is 17.2. The lowest BCUT2D eigenvalue weighted by Crippen LogP contribution is -2.47. The molecule has 2 aromatic carbocycles. The molecular formula is C24H23N5O2. The van der Waals surface area contributed by atoms with E-state index >= 15 is 0 Å². The number of carbonyl (C=O) groups is 1. The summed E-state index contributed by atoms with van der Waals surface area (Å²) in [6.07, 6.45) is 2.18. The van der Waals surface area contributed by atoms with Gasteiger partial charge < -0.3 is 15.6 Å². The van der Waals surface area contributed by atoms with Crippen molar-refractivity contribution in [3.8, 4) is 12.1 Å². The van der Waals surface area contributed by atoms with Crippen LogP contribution >= 0.6 is 0 Å². The van der Waals surface area contributed by atoms with Crippen molar-refractivity contribution in [3.63, 3.8) is 0 Å². The smallest absolute Gasteiger partial charge is 0.256 e. The molecule has 0 saturated carbocycles. The highest BCUT2D eigenvalue weighted by Gasteiger charge is 2.32. The molecule has 3 aromatic rings. The number of carbonyl (C=O) groups excluding carboxylic acids is 1. The summed E-state index contributed by atoms with van der Waals surface area (Å²) >= 11 is 0. The Kier molecular flexibility index (Phi) is 5.70. The highest BCUT2D eigenvalue weighted by Crippen LogP contribution is 2.24. The maximum atomic E-state index is 12.6. The molecule has 3 atom stereocenters. The van der Waals surface area contributed by atoms with E-state index in [9.17, 15) is 20.1 Å². The van der Waals surface area contributed by atoms with Gasteiger partial charge in [0.2, 0.25) is 5.91 Å². The molecule has 31 heavy (non-hydrogen) atoms. The Hall–Kier alpha value is -3.68. The number of pyridine rings is 1. The van der Waals surface area contributed by atoms with Gasteiger partial charge >= 0.3 is 0 Å². The lowest BCUT2D eigenvalue weighted by molar-refractivity contribution is -0.124. The highest BCUT2D eigenvalue weighted by atomic mass is 16.2. The van der Waals surface area contributed by atoms with Gasteiger partial charge in [0.1, 0.15) is 6.04 Å². The van der Waals surface area contributed by atoms with Crippen LogP contribution in [0.3, 0.4) is 0 Å². The van der Waals surface area contributed by atoms with Gasteiger partial charge in [-0.3, -0.25) is 9.59 Å². The summed E-state index contributed by atoms with van der Waals surface area (Å²) in [4.78, 5) is 28.1. The van der Waals surface area contributed by atoms with Gasteiger partial charge in [0.25, 0.3) is 5.56 Å². The van der Waals surface area contributed by atoms with Crippen LogP contribution in [0.4, 0.5) is 0 Å². The Morgan fingerprint density at radius 3 is 2.77 bits per heavy atom. The molecule has 0 spiro atoms. The van der Waals surface area contributed by atoms with Gasteiger partial charge in [-0.15, -0.1) is 0 Å². The molecule has 1 fully saturated rings. The average Bonchev–Trinajstić information content (AvgIpc) is 3.27. The van der Waals surface area contributed by atoms with Crippen LogP contribution in [0.2, 0.25) is 0 Å². The van der Waals surface area contributed by atoms with E-state index in [4.69, 9.17) is 0 Å². The zero-order valence-corrected chi connectivity index (χ0v) is 17.2. The van der Waals surface area contributed by atoms with E-state index in [1.807, 2.05) is 12.1 Å². The van der Waals surface area contributed by atoms with Crippen LogP contribution < -0.4 is 16.2 Å². The fourth-order valence-corrected chi connectivity index (χ4v) is 4.41. The topological polar surface area (TPSA) is 122 Å². The van der Waals surface area contributed by atoms with Crippen molar-refractivity contribution in [2.45, 2.75) is 38.3 Å². The molecule has 0 bridgehead atoms. The van der Waals surface area contributed by atoms with Crippen molar-refractivity contribution in [1.82, 2.24) is 15.6 Å². The molecule has 4 rings (SSSR count). The monoisotopic (exact) mass is 413 g/mol. The summed E-state index contributed by atoms with van der Waals surface area (Å²) in [6.45, 7) is 2.87. The third-order valence-corrected chi connectivity index (χ3v) is 6.09. The van der Waals surface area contributed by atoms with Crippen LogP contribution in [0, 0.1) is 28.6 Å². The quantitative estimate of drug-likeness (QED) is 0.555. The number of aromatic amines is 1. The predicted molar refractivity (Wildman–Crippen MR) is 118 cm³/mol. The standard InChI is InChI=1S/C24H23N5O2/c1-2-16-7-8-27-22(16)24(31)28-17(13-26)9-14-3-5-18-19-11-15(12-25)4-6-21(19)29-23(30)20(18)10-14/h3-6,10-11,16-17,22,27H,2,7-9H2,1H3,(H,28,31)(H,29,30)/t16-,17?,22-/m0/s1. The number of nitrogens with zero attached hydrogens (tertiary/aromatic N) is 2. The molecule has 7 heteroatoms. The summed E-state index contributed by atoms with van der Waals surface area (Å²) in [5.41, 5.74) is 1.74. The predicted octanol–water partition coefficient (Wildman–Crippen LogP) is 2.49. The van der Waals surface area contributed by atoms with Gasteiger partial charge in [-0.05, 0) is 54.1 Å².